The Labute approximate surface area is 56.3 Å². The average molecular weight is 148 g/mol. The van der Waals surface area contributed by atoms with Gasteiger partial charge in [-0.25, -0.2) is 0 Å². The van der Waals surface area contributed by atoms with E-state index in [1.165, 1.54) is 0 Å². The Bertz CT molecular complexity index is 83.9. The van der Waals surface area contributed by atoms with E-state index in [-0.39, 0.29) is 6.15 Å². The monoisotopic (exact) mass is 148 g/mol. The number of nitrogens with one attached hydrogen (secondary N) is 1. The Morgan fingerprint density at radius 3 is 1.40 bits per heavy atom. The fraction of sp³-hybridized carbons (Fsp3) is 0. The van der Waals surface area contributed by atoms with Crippen molar-refractivity contribution in [1.29, 1.82) is 16.3 Å². The summed E-state index contributed by atoms with van der Waals surface area (Å²) >= 11 is 0. The zero-order valence-corrected chi connectivity index (χ0v) is 5.05. The van der Waals surface area contributed by atoms with Crippen LogP contribution < -0.4 is 17.8 Å². The fourth-order valence-electron chi connectivity index (χ4n) is 0. The summed E-state index contributed by atoms with van der Waals surface area (Å²) in [4.78, 5) is 1.75. The minimum absolute atomic E-state index is 0. The molecule has 0 spiro atoms. The number of nitrogens with two attached hydrogens (primary N) is 2. The third-order valence-corrected chi connectivity index (χ3v) is 0.0667. The van der Waals surface area contributed by atoms with E-state index in [2.05, 4.69) is 22.1 Å². The van der Waals surface area contributed by atoms with Gasteiger partial charge in [0.05, 0.1) is 0 Å². The van der Waals surface area contributed by atoms with Crippen LogP contribution >= 0.6 is 0 Å². The Morgan fingerprint density at radius 1 is 1.30 bits per heavy atom. The second-order valence-corrected chi connectivity index (χ2v) is 0.331. The number of hydrogen-bond donors (Lipinski definition) is 4. The zero-order valence-electron chi connectivity index (χ0n) is 5.05. The molecule has 10 heavy (non-hydrogen) atoms. The van der Waals surface area contributed by atoms with Crippen molar-refractivity contribution in [1.82, 2.24) is 6.15 Å². The van der Waals surface area contributed by atoms with Gasteiger partial charge in [-0.3, -0.25) is 0 Å². The minimum atomic E-state index is 0. The molecule has 0 heterocycles. The van der Waals surface area contributed by atoms with Crippen LogP contribution in [0.25, 0.3) is 10.4 Å². The summed E-state index contributed by atoms with van der Waals surface area (Å²) in [6, 6.07) is 0. The first-order valence-corrected chi connectivity index (χ1v) is 1.34. The first-order valence-electron chi connectivity index (χ1n) is 1.34. The first kappa shape index (κ1) is 24.8. The lowest BCUT2D eigenvalue weighted by Crippen LogP contribution is -1.80. The van der Waals surface area contributed by atoms with Crippen molar-refractivity contribution < 1.29 is 0 Å². The molecule has 0 saturated carbocycles. The molecule has 0 fully saturated rings. The van der Waals surface area contributed by atoms with E-state index in [1.54, 1.807) is 4.91 Å². The summed E-state index contributed by atoms with van der Waals surface area (Å²) in [5, 5.41) is 17.3. The third-order valence-electron chi connectivity index (χ3n) is 0.0667. The van der Waals surface area contributed by atoms with Crippen LogP contribution in [0.3, 0.4) is 0 Å². The molecule has 58 valence electrons. The van der Waals surface area contributed by atoms with Gasteiger partial charge in [-0.2, -0.15) is 0 Å². The van der Waals surface area contributed by atoms with Crippen LogP contribution in [0.15, 0.2) is 10.4 Å². The van der Waals surface area contributed by atoms with Crippen molar-refractivity contribution >= 4 is 0 Å². The van der Waals surface area contributed by atoms with Gasteiger partial charge in [-0.05, 0) is 10.4 Å². The summed E-state index contributed by atoms with van der Waals surface area (Å²) in [6.07, 6.45) is 0. The second kappa shape index (κ2) is 302. The Kier molecular flexibility index (Phi) is 747. The predicted molar refractivity (Wildman–Crippen MR) is 31.1 cm³/mol. The predicted octanol–water partition coefficient (Wildman–Crippen LogP) is 0.254. The molecule has 0 atom stereocenters. The van der Waals surface area contributed by atoms with Crippen LogP contribution in [-0.4, -0.2) is 0 Å². The van der Waals surface area contributed by atoms with Crippen LogP contribution in [0, 0.1) is 16.3 Å². The number of rotatable bonds is 0. The lowest BCUT2D eigenvalue weighted by atomic mass is 12.6. The topological polar surface area (TPSA) is 220 Å². The van der Waals surface area contributed by atoms with Gasteiger partial charge >= 0.3 is 0 Å². The molecule has 0 saturated heterocycles. The van der Waals surface area contributed by atoms with Crippen molar-refractivity contribution in [2.75, 3.05) is 0 Å². The molecule has 0 aromatic heterocycles. The lowest BCUT2D eigenvalue weighted by Gasteiger charge is -1.56. The van der Waals surface area contributed by atoms with Gasteiger partial charge in [0.25, 0.3) is 0 Å². The summed E-state index contributed by atoms with van der Waals surface area (Å²) in [5.41, 5.74) is 12.2. The standard InChI is InChI=1S/H4N4.HN3.N2.H3N/c1-3-4-2;1-3-2;1-2;/h(H2,1,4)(H2,2,3);1H;;1H3. The van der Waals surface area contributed by atoms with Gasteiger partial charge in [0, 0.05) is 10.8 Å². The van der Waals surface area contributed by atoms with E-state index in [4.69, 9.17) is 21.8 Å². The maximum absolute atomic E-state index is 6.86. The van der Waals surface area contributed by atoms with E-state index < -0.39 is 0 Å². The van der Waals surface area contributed by atoms with Crippen LogP contribution in [0.5, 0.6) is 0 Å². The van der Waals surface area contributed by atoms with Gasteiger partial charge in [0.15, 0.2) is 0 Å². The minimum Gasteiger partial charge on any atom is -0.344 e. The maximum Gasteiger partial charge on any atom is 0 e. The van der Waals surface area contributed by atoms with Gasteiger partial charge in [-0.15, -0.1) is 5.53 Å². The van der Waals surface area contributed by atoms with Crippen molar-refractivity contribution in [3.63, 3.8) is 0 Å². The van der Waals surface area contributed by atoms with E-state index in [1.807, 2.05) is 0 Å². The summed E-state index contributed by atoms with van der Waals surface area (Å²) < 4.78 is 0. The SMILES string of the molecule is N.N#N.N/N=N/N.[N-]=[N+]=N. The largest absolute Gasteiger partial charge is 0.344 e. The maximum atomic E-state index is 6.86. The number of hydrogen-bond acceptors (Lipinski definition) is 6. The van der Waals surface area contributed by atoms with Crippen LogP contribution in [0.1, 0.15) is 0 Å². The molecule has 10 heteroatoms. The second-order valence-electron chi connectivity index (χ2n) is 0.331. The fourth-order valence-corrected chi connectivity index (χ4v) is 0. The molecule has 0 aliphatic carbocycles. The van der Waals surface area contributed by atoms with Crippen molar-refractivity contribution in [2.45, 2.75) is 0 Å². The van der Waals surface area contributed by atoms with E-state index >= 15 is 0 Å². The zero-order chi connectivity index (χ0) is 8.12. The van der Waals surface area contributed by atoms with Crippen LogP contribution in [-0.2, 0) is 0 Å². The highest BCUT2D eigenvalue weighted by Crippen LogP contribution is 1.32. The van der Waals surface area contributed by atoms with Crippen molar-refractivity contribution in [2.24, 2.45) is 22.1 Å². The highest BCUT2D eigenvalue weighted by molar-refractivity contribution is 4.18. The lowest BCUT2D eigenvalue weighted by molar-refractivity contribution is 0.956. The molecule has 0 aromatic carbocycles. The molecule has 0 amide bonds. The van der Waals surface area contributed by atoms with Gasteiger partial charge in [-0.1, -0.05) is 10.4 Å². The van der Waals surface area contributed by atoms with Crippen LogP contribution in [0.4, 0.5) is 0 Å². The molecule has 0 aliphatic rings. The first-order chi connectivity index (χ1) is 4.33. The highest BCUT2D eigenvalue weighted by Gasteiger charge is 1.28. The summed E-state index contributed by atoms with van der Waals surface area (Å²) in [6.45, 7) is 0. The smallest absolute Gasteiger partial charge is 0 e. The normalized spacial score (nSPS) is 4.60. The van der Waals surface area contributed by atoms with Gasteiger partial charge < -0.3 is 17.8 Å². The van der Waals surface area contributed by atoms with Gasteiger partial charge in [0.1, 0.15) is 0 Å². The molecule has 10 nitrogen and oxygen atoms in total. The Balaban J connectivity index is -0.0000000273. The Morgan fingerprint density at radius 2 is 1.40 bits per heavy atom. The molecule has 0 bridgehead atoms. The molecular weight excluding hydrogens is 140 g/mol. The molecule has 0 aliphatic heterocycles. The van der Waals surface area contributed by atoms with E-state index in [0.29, 0.717) is 0 Å². The molecule has 0 rings (SSSR count). The Hall–Kier alpha value is -2.11. The van der Waals surface area contributed by atoms with E-state index in [9.17, 15) is 0 Å². The summed E-state index contributed by atoms with van der Waals surface area (Å²) in [7, 11) is 0. The number of nitrogens with zero attached hydrogens (tertiary/aromatic N) is 6. The van der Waals surface area contributed by atoms with Crippen molar-refractivity contribution in [3.8, 4) is 0 Å². The van der Waals surface area contributed by atoms with Crippen molar-refractivity contribution in [3.05, 3.63) is 10.4 Å². The van der Waals surface area contributed by atoms with E-state index in [0.717, 1.165) is 0 Å². The third kappa shape index (κ3) is 114. The summed E-state index contributed by atoms with van der Waals surface area (Å²) in [5.74, 6) is 8.72. The molecule has 0 aromatic rings. The molecule has 8 N–H and O–H groups in total. The molecule has 0 unspecified atom stereocenters. The van der Waals surface area contributed by atoms with Crippen LogP contribution in [0.2, 0.25) is 0 Å². The highest BCUT2D eigenvalue weighted by atomic mass is 15.4. The average Bonchev–Trinajstić information content (AvgIpc) is 1.94. The molecule has 0 radical (unpaired) electrons. The quantitative estimate of drug-likeness (QED) is 0.0943. The van der Waals surface area contributed by atoms with Gasteiger partial charge in [0.2, 0.25) is 0 Å². The molecular formula is H8N10.